The first-order valence-electron chi connectivity index (χ1n) is 9.51. The van der Waals surface area contributed by atoms with Gasteiger partial charge in [-0.3, -0.25) is 9.59 Å². The molecular formula is C23H24N2O2. The topological polar surface area (TPSA) is 42.3 Å². The molecular weight excluding hydrogens is 336 g/mol. The molecule has 1 amide bonds. The molecule has 0 unspecified atom stereocenters. The molecule has 0 fully saturated rings. The van der Waals surface area contributed by atoms with E-state index in [0.717, 1.165) is 23.9 Å². The molecule has 4 heteroatoms. The average molecular weight is 360 g/mol. The zero-order valence-corrected chi connectivity index (χ0v) is 15.8. The summed E-state index contributed by atoms with van der Waals surface area (Å²) in [6.45, 7) is 5.47. The summed E-state index contributed by atoms with van der Waals surface area (Å²) in [4.78, 5) is 27.5. The van der Waals surface area contributed by atoms with Gasteiger partial charge < -0.3 is 9.47 Å². The molecule has 0 N–H and O–H groups in total. The van der Waals surface area contributed by atoms with Gasteiger partial charge >= 0.3 is 0 Å². The van der Waals surface area contributed by atoms with E-state index in [4.69, 9.17) is 0 Å². The molecule has 138 valence electrons. The average Bonchev–Trinajstić information content (AvgIpc) is 3.05. The maximum atomic E-state index is 13.0. The normalized spacial score (nSPS) is 13.8. The zero-order valence-electron chi connectivity index (χ0n) is 15.8. The minimum Gasteiger partial charge on any atom is -0.337 e. The highest BCUT2D eigenvalue weighted by molar-refractivity contribution is 6.09. The van der Waals surface area contributed by atoms with Crippen LogP contribution in [0.25, 0.3) is 10.9 Å². The van der Waals surface area contributed by atoms with E-state index in [1.807, 2.05) is 59.8 Å². The number of ketones is 1. The largest absolute Gasteiger partial charge is 0.337 e. The van der Waals surface area contributed by atoms with Crippen LogP contribution >= 0.6 is 0 Å². The highest BCUT2D eigenvalue weighted by Crippen LogP contribution is 2.25. The van der Waals surface area contributed by atoms with E-state index in [1.165, 1.54) is 11.1 Å². The van der Waals surface area contributed by atoms with Crippen LogP contribution in [0.5, 0.6) is 0 Å². The summed E-state index contributed by atoms with van der Waals surface area (Å²) in [5, 5.41) is 0.924. The lowest BCUT2D eigenvalue weighted by Gasteiger charge is -2.29. The fourth-order valence-corrected chi connectivity index (χ4v) is 3.84. The van der Waals surface area contributed by atoms with Crippen molar-refractivity contribution < 1.29 is 9.59 Å². The molecule has 2 aromatic carbocycles. The number of fused-ring (bicyclic) bond motifs is 2. The second-order valence-electron chi connectivity index (χ2n) is 7.54. The van der Waals surface area contributed by atoms with E-state index in [0.29, 0.717) is 12.1 Å². The number of nitrogens with zero attached hydrogens (tertiary/aromatic N) is 2. The van der Waals surface area contributed by atoms with Crippen molar-refractivity contribution in [2.75, 3.05) is 6.54 Å². The van der Waals surface area contributed by atoms with Crippen LogP contribution in [0.15, 0.2) is 54.7 Å². The first-order valence-corrected chi connectivity index (χ1v) is 9.51. The van der Waals surface area contributed by atoms with Crippen LogP contribution in [0.2, 0.25) is 0 Å². The molecule has 4 nitrogen and oxygen atoms in total. The Hall–Kier alpha value is -2.88. The Morgan fingerprint density at radius 2 is 1.70 bits per heavy atom. The van der Waals surface area contributed by atoms with Gasteiger partial charge in [0.15, 0.2) is 5.78 Å². The number of rotatable bonds is 4. The summed E-state index contributed by atoms with van der Waals surface area (Å²) >= 11 is 0. The molecule has 1 aliphatic rings. The number of aromatic nitrogens is 1. The summed E-state index contributed by atoms with van der Waals surface area (Å²) in [7, 11) is 0. The van der Waals surface area contributed by atoms with Crippen LogP contribution in [0, 0.1) is 5.92 Å². The van der Waals surface area contributed by atoms with Crippen LogP contribution < -0.4 is 0 Å². The van der Waals surface area contributed by atoms with E-state index >= 15 is 0 Å². The molecule has 0 bridgehead atoms. The highest BCUT2D eigenvalue weighted by Gasteiger charge is 2.23. The van der Waals surface area contributed by atoms with Gasteiger partial charge in [-0.2, -0.15) is 0 Å². The van der Waals surface area contributed by atoms with E-state index < -0.39 is 0 Å². The van der Waals surface area contributed by atoms with Crippen molar-refractivity contribution in [2.24, 2.45) is 5.92 Å². The summed E-state index contributed by atoms with van der Waals surface area (Å²) < 4.78 is 1.92. The fraction of sp³-hybridized carbons (Fsp3) is 0.304. The highest BCUT2D eigenvalue weighted by atomic mass is 16.2. The Labute approximate surface area is 159 Å². The van der Waals surface area contributed by atoms with Gasteiger partial charge in [0.05, 0.1) is 0 Å². The maximum absolute atomic E-state index is 13.0. The Kier molecular flexibility index (Phi) is 4.56. The van der Waals surface area contributed by atoms with Gasteiger partial charge in [-0.1, -0.05) is 56.3 Å². The smallest absolute Gasteiger partial charge is 0.242 e. The molecule has 4 rings (SSSR count). The van der Waals surface area contributed by atoms with Crippen molar-refractivity contribution in [1.29, 1.82) is 0 Å². The maximum Gasteiger partial charge on any atom is 0.242 e. The number of Topliss-reactive ketones (excluding diaryl/α,β-unsaturated/α-hetero) is 1. The Bertz CT molecular complexity index is 1020. The predicted octanol–water partition coefficient (Wildman–Crippen LogP) is 4.06. The molecule has 0 saturated carbocycles. The van der Waals surface area contributed by atoms with E-state index in [9.17, 15) is 9.59 Å². The molecule has 0 aliphatic carbocycles. The predicted molar refractivity (Wildman–Crippen MR) is 107 cm³/mol. The van der Waals surface area contributed by atoms with Gasteiger partial charge in [0.25, 0.3) is 0 Å². The Balaban J connectivity index is 1.60. The monoisotopic (exact) mass is 360 g/mol. The van der Waals surface area contributed by atoms with Crippen LogP contribution in [0.1, 0.15) is 35.3 Å². The van der Waals surface area contributed by atoms with Crippen molar-refractivity contribution in [3.63, 3.8) is 0 Å². The van der Waals surface area contributed by atoms with Gasteiger partial charge in [0.1, 0.15) is 6.54 Å². The molecule has 0 radical (unpaired) electrons. The minimum absolute atomic E-state index is 0.0708. The third-order valence-electron chi connectivity index (χ3n) is 5.37. The number of carbonyl (C=O) groups excluding carboxylic acids is 2. The number of hydrogen-bond acceptors (Lipinski definition) is 2. The number of amides is 1. The first kappa shape index (κ1) is 17.5. The molecule has 27 heavy (non-hydrogen) atoms. The van der Waals surface area contributed by atoms with Crippen molar-refractivity contribution in [3.8, 4) is 0 Å². The van der Waals surface area contributed by atoms with Gasteiger partial charge in [-0.25, -0.2) is 0 Å². The van der Waals surface area contributed by atoms with Crippen LogP contribution in [-0.2, 0) is 24.3 Å². The number of hydrogen-bond donors (Lipinski definition) is 0. The number of carbonyl (C=O) groups is 2. The van der Waals surface area contributed by atoms with E-state index in [2.05, 4.69) is 18.2 Å². The second kappa shape index (κ2) is 7.03. The molecule has 0 atom stereocenters. The minimum atomic E-state index is -0.0708. The lowest BCUT2D eigenvalue weighted by atomic mass is 10.00. The van der Waals surface area contributed by atoms with Crippen LogP contribution in [0.3, 0.4) is 0 Å². The Morgan fingerprint density at radius 1 is 1.00 bits per heavy atom. The van der Waals surface area contributed by atoms with Gasteiger partial charge in [0, 0.05) is 41.7 Å². The number of para-hydroxylation sites is 1. The summed E-state index contributed by atoms with van der Waals surface area (Å²) in [5.41, 5.74) is 4.20. The van der Waals surface area contributed by atoms with Gasteiger partial charge in [0.2, 0.25) is 5.91 Å². The molecule has 1 aromatic heterocycles. The summed E-state index contributed by atoms with van der Waals surface area (Å²) in [5.74, 6) is 0.136. The van der Waals surface area contributed by atoms with E-state index in [-0.39, 0.29) is 24.2 Å². The quantitative estimate of drug-likeness (QED) is 0.658. The van der Waals surface area contributed by atoms with Gasteiger partial charge in [-0.05, 0) is 23.6 Å². The number of benzene rings is 2. The SMILES string of the molecule is CC(C)C(=O)c1cn(CC(=O)N2CCc3ccccc3C2)c2ccccc12. The molecule has 2 heterocycles. The molecule has 0 saturated heterocycles. The summed E-state index contributed by atoms with van der Waals surface area (Å²) in [6, 6.07) is 16.1. The molecule has 0 spiro atoms. The van der Waals surface area contributed by atoms with Crippen molar-refractivity contribution >= 4 is 22.6 Å². The fourth-order valence-electron chi connectivity index (χ4n) is 3.84. The van der Waals surface area contributed by atoms with Crippen molar-refractivity contribution in [1.82, 2.24) is 9.47 Å². The standard InChI is InChI=1S/C23H24N2O2/c1-16(2)23(27)20-14-25(21-10-6-5-9-19(20)21)15-22(26)24-12-11-17-7-3-4-8-18(17)13-24/h3-10,14,16H,11-13,15H2,1-2H3. The lowest BCUT2D eigenvalue weighted by molar-refractivity contribution is -0.132. The van der Waals surface area contributed by atoms with Crippen molar-refractivity contribution in [3.05, 3.63) is 71.4 Å². The first-order chi connectivity index (χ1) is 13.0. The lowest BCUT2D eigenvalue weighted by Crippen LogP contribution is -2.37. The van der Waals surface area contributed by atoms with Gasteiger partial charge in [-0.15, -0.1) is 0 Å². The van der Waals surface area contributed by atoms with E-state index in [1.54, 1.807) is 0 Å². The van der Waals surface area contributed by atoms with Crippen LogP contribution in [0.4, 0.5) is 0 Å². The second-order valence-corrected chi connectivity index (χ2v) is 7.54. The molecule has 3 aromatic rings. The Morgan fingerprint density at radius 3 is 2.48 bits per heavy atom. The third kappa shape index (κ3) is 3.27. The zero-order chi connectivity index (χ0) is 19.0. The molecule has 1 aliphatic heterocycles. The summed E-state index contributed by atoms with van der Waals surface area (Å²) in [6.07, 6.45) is 2.74. The van der Waals surface area contributed by atoms with Crippen molar-refractivity contribution in [2.45, 2.75) is 33.4 Å². The van der Waals surface area contributed by atoms with Crippen LogP contribution in [-0.4, -0.2) is 27.7 Å². The third-order valence-corrected chi connectivity index (χ3v) is 5.37.